The zero-order chi connectivity index (χ0) is 13.1. The molecule has 98 valence electrons. The molecule has 1 unspecified atom stereocenters. The summed E-state index contributed by atoms with van der Waals surface area (Å²) >= 11 is 0. The summed E-state index contributed by atoms with van der Waals surface area (Å²) in [6.45, 7) is 3.74. The molecule has 4 heteroatoms. The maximum absolute atomic E-state index is 12.9. The highest BCUT2D eigenvalue weighted by Gasteiger charge is 2.33. The summed E-state index contributed by atoms with van der Waals surface area (Å²) in [5.41, 5.74) is 1.10. The van der Waals surface area contributed by atoms with Crippen molar-refractivity contribution in [2.75, 3.05) is 13.1 Å². The minimum absolute atomic E-state index is 0.221. The maximum Gasteiger partial charge on any atom is 0.303 e. The van der Waals surface area contributed by atoms with Crippen molar-refractivity contribution in [3.05, 3.63) is 35.6 Å². The Kier molecular flexibility index (Phi) is 3.97. The van der Waals surface area contributed by atoms with Crippen molar-refractivity contribution in [2.24, 2.45) is 5.92 Å². The SMILES string of the molecule is CCC(c1ccc(F)cc1)N1CC(CC(=O)O)C1. The molecule has 0 saturated carbocycles. The fraction of sp³-hybridized carbons (Fsp3) is 0.500. The molecule has 0 spiro atoms. The number of hydrogen-bond donors (Lipinski definition) is 1. The monoisotopic (exact) mass is 251 g/mol. The highest BCUT2D eigenvalue weighted by atomic mass is 19.1. The number of hydrogen-bond acceptors (Lipinski definition) is 2. The third kappa shape index (κ3) is 2.88. The topological polar surface area (TPSA) is 40.5 Å². The van der Waals surface area contributed by atoms with E-state index in [2.05, 4.69) is 11.8 Å². The number of carbonyl (C=O) groups is 1. The first-order valence-electron chi connectivity index (χ1n) is 6.31. The smallest absolute Gasteiger partial charge is 0.303 e. The van der Waals surface area contributed by atoms with Crippen molar-refractivity contribution in [1.82, 2.24) is 4.90 Å². The van der Waals surface area contributed by atoms with Gasteiger partial charge >= 0.3 is 5.97 Å². The van der Waals surface area contributed by atoms with Crippen molar-refractivity contribution in [2.45, 2.75) is 25.8 Å². The molecule has 2 rings (SSSR count). The fourth-order valence-electron chi connectivity index (χ4n) is 2.63. The van der Waals surface area contributed by atoms with E-state index in [1.807, 2.05) is 12.1 Å². The molecule has 1 aliphatic rings. The molecule has 1 fully saturated rings. The van der Waals surface area contributed by atoms with E-state index in [0.29, 0.717) is 0 Å². The zero-order valence-electron chi connectivity index (χ0n) is 10.5. The average molecular weight is 251 g/mol. The number of likely N-dealkylation sites (tertiary alicyclic amines) is 1. The summed E-state index contributed by atoms with van der Waals surface area (Å²) in [6, 6.07) is 6.86. The van der Waals surface area contributed by atoms with Crippen LogP contribution in [0.25, 0.3) is 0 Å². The molecule has 3 nitrogen and oxygen atoms in total. The lowest BCUT2D eigenvalue weighted by atomic mass is 9.91. The molecule has 18 heavy (non-hydrogen) atoms. The summed E-state index contributed by atoms with van der Waals surface area (Å²) in [7, 11) is 0. The van der Waals surface area contributed by atoms with Crippen molar-refractivity contribution in [3.8, 4) is 0 Å². The summed E-state index contributed by atoms with van der Waals surface area (Å²) in [5.74, 6) is -0.688. The second-order valence-corrected chi connectivity index (χ2v) is 4.89. The van der Waals surface area contributed by atoms with E-state index in [9.17, 15) is 9.18 Å². The normalized spacial score (nSPS) is 18.3. The lowest BCUT2D eigenvalue weighted by Gasteiger charge is -2.44. The van der Waals surface area contributed by atoms with Gasteiger partial charge < -0.3 is 5.11 Å². The number of halogens is 1. The number of nitrogens with zero attached hydrogens (tertiary/aromatic N) is 1. The lowest BCUT2D eigenvalue weighted by Crippen LogP contribution is -2.49. The Morgan fingerprint density at radius 2 is 2.06 bits per heavy atom. The number of rotatable bonds is 5. The van der Waals surface area contributed by atoms with Crippen LogP contribution in [0.1, 0.15) is 31.4 Å². The maximum atomic E-state index is 12.9. The van der Waals surface area contributed by atoms with Gasteiger partial charge in [0.05, 0.1) is 6.42 Å². The molecule has 1 atom stereocenters. The van der Waals surface area contributed by atoms with E-state index in [1.54, 1.807) is 0 Å². The van der Waals surface area contributed by atoms with Crippen LogP contribution >= 0.6 is 0 Å². The molecule has 1 aromatic rings. The Morgan fingerprint density at radius 1 is 1.44 bits per heavy atom. The van der Waals surface area contributed by atoms with Crippen LogP contribution in [-0.4, -0.2) is 29.1 Å². The lowest BCUT2D eigenvalue weighted by molar-refractivity contribution is -0.139. The minimum atomic E-state index is -0.727. The zero-order valence-corrected chi connectivity index (χ0v) is 10.5. The van der Waals surface area contributed by atoms with Crippen LogP contribution in [0.15, 0.2) is 24.3 Å². The van der Waals surface area contributed by atoms with Crippen LogP contribution in [0.2, 0.25) is 0 Å². The van der Waals surface area contributed by atoms with E-state index >= 15 is 0 Å². The first-order valence-corrected chi connectivity index (χ1v) is 6.31. The first-order chi connectivity index (χ1) is 8.60. The van der Waals surface area contributed by atoms with Crippen LogP contribution in [0.5, 0.6) is 0 Å². The largest absolute Gasteiger partial charge is 0.481 e. The molecule has 0 aromatic heterocycles. The van der Waals surface area contributed by atoms with Gasteiger partial charge in [-0.3, -0.25) is 9.69 Å². The van der Waals surface area contributed by atoms with Gasteiger partial charge in [-0.15, -0.1) is 0 Å². The molecular weight excluding hydrogens is 233 g/mol. The molecule has 0 amide bonds. The fourth-order valence-corrected chi connectivity index (χ4v) is 2.63. The van der Waals surface area contributed by atoms with Gasteiger partial charge in [-0.25, -0.2) is 4.39 Å². The molecule has 1 saturated heterocycles. The second kappa shape index (κ2) is 5.48. The van der Waals surface area contributed by atoms with E-state index in [-0.39, 0.29) is 24.2 Å². The van der Waals surface area contributed by atoms with Crippen LogP contribution in [0.3, 0.4) is 0 Å². The summed E-state index contributed by atoms with van der Waals surface area (Å²) in [5, 5.41) is 8.72. The van der Waals surface area contributed by atoms with Gasteiger partial charge in [0.2, 0.25) is 0 Å². The highest BCUT2D eigenvalue weighted by molar-refractivity contribution is 5.67. The summed E-state index contributed by atoms with van der Waals surface area (Å²) in [6.07, 6.45) is 1.20. The Balaban J connectivity index is 1.95. The molecule has 1 aliphatic heterocycles. The minimum Gasteiger partial charge on any atom is -0.481 e. The third-order valence-corrected chi connectivity index (χ3v) is 3.53. The van der Waals surface area contributed by atoms with Gasteiger partial charge in [-0.05, 0) is 30.0 Å². The Bertz CT molecular complexity index is 412. The highest BCUT2D eigenvalue weighted by Crippen LogP contribution is 2.32. The van der Waals surface area contributed by atoms with Crippen LogP contribution < -0.4 is 0 Å². The molecule has 0 bridgehead atoms. The van der Waals surface area contributed by atoms with E-state index in [1.165, 1.54) is 12.1 Å². The van der Waals surface area contributed by atoms with Gasteiger partial charge in [0.25, 0.3) is 0 Å². The Morgan fingerprint density at radius 3 is 2.56 bits per heavy atom. The van der Waals surface area contributed by atoms with Crippen molar-refractivity contribution >= 4 is 5.97 Å². The number of benzene rings is 1. The molecule has 1 heterocycles. The van der Waals surface area contributed by atoms with Gasteiger partial charge in [0.1, 0.15) is 5.82 Å². The van der Waals surface area contributed by atoms with Gasteiger partial charge in [-0.2, -0.15) is 0 Å². The molecule has 0 radical (unpaired) electrons. The standard InChI is InChI=1S/C14H18FNO2/c1-2-13(11-3-5-12(15)6-4-11)16-8-10(9-16)7-14(17)18/h3-6,10,13H,2,7-9H2,1H3,(H,17,18). The molecule has 1 N–H and O–H groups in total. The van der Waals surface area contributed by atoms with E-state index < -0.39 is 5.97 Å². The first kappa shape index (κ1) is 13.0. The summed E-state index contributed by atoms with van der Waals surface area (Å²) in [4.78, 5) is 12.9. The third-order valence-electron chi connectivity index (χ3n) is 3.53. The Labute approximate surface area is 106 Å². The average Bonchev–Trinajstić information content (AvgIpc) is 2.28. The van der Waals surface area contributed by atoms with Crippen LogP contribution in [0.4, 0.5) is 4.39 Å². The van der Waals surface area contributed by atoms with E-state index in [4.69, 9.17) is 5.11 Å². The molecule has 0 aliphatic carbocycles. The van der Waals surface area contributed by atoms with Crippen LogP contribution in [-0.2, 0) is 4.79 Å². The van der Waals surface area contributed by atoms with Gasteiger partial charge in [-0.1, -0.05) is 19.1 Å². The predicted molar refractivity (Wildman–Crippen MR) is 66.7 cm³/mol. The van der Waals surface area contributed by atoms with Crippen molar-refractivity contribution in [1.29, 1.82) is 0 Å². The number of aliphatic carboxylic acids is 1. The van der Waals surface area contributed by atoms with E-state index in [0.717, 1.165) is 25.1 Å². The van der Waals surface area contributed by atoms with Gasteiger partial charge in [0, 0.05) is 19.1 Å². The van der Waals surface area contributed by atoms with Crippen molar-refractivity contribution in [3.63, 3.8) is 0 Å². The molecule has 1 aromatic carbocycles. The predicted octanol–water partition coefficient (Wildman–Crippen LogP) is 2.68. The second-order valence-electron chi connectivity index (χ2n) is 4.89. The molecular formula is C14H18FNO2. The number of carboxylic acids is 1. The Hall–Kier alpha value is -1.42. The van der Waals surface area contributed by atoms with Crippen molar-refractivity contribution < 1.29 is 14.3 Å². The quantitative estimate of drug-likeness (QED) is 0.874. The number of carboxylic acid groups (broad SMARTS) is 1. The van der Waals surface area contributed by atoms with Gasteiger partial charge in [0.15, 0.2) is 0 Å². The van der Waals surface area contributed by atoms with Crippen LogP contribution in [0, 0.1) is 11.7 Å². The summed E-state index contributed by atoms with van der Waals surface area (Å²) < 4.78 is 12.9.